The third-order valence-electron chi connectivity index (χ3n) is 5.56. The van der Waals surface area contributed by atoms with Crippen molar-refractivity contribution < 1.29 is 0 Å². The molecule has 1 aliphatic heterocycles. The van der Waals surface area contributed by atoms with E-state index < -0.39 is 0 Å². The Kier molecular flexibility index (Phi) is 6.66. The van der Waals surface area contributed by atoms with Gasteiger partial charge in [-0.15, -0.1) is 0 Å². The van der Waals surface area contributed by atoms with E-state index in [0.717, 1.165) is 17.9 Å². The van der Waals surface area contributed by atoms with Gasteiger partial charge in [0.2, 0.25) is 0 Å². The molecule has 112 valence electrons. The molecule has 1 saturated heterocycles. The van der Waals surface area contributed by atoms with E-state index in [1.807, 2.05) is 0 Å². The molecule has 2 unspecified atom stereocenters. The number of hydrogen-bond donors (Lipinski definition) is 1. The first-order chi connectivity index (χ1) is 9.33. The molecule has 0 aromatic heterocycles. The molecular weight excluding hydrogens is 232 g/mol. The summed E-state index contributed by atoms with van der Waals surface area (Å²) in [5, 5.41) is 3.62. The van der Waals surface area contributed by atoms with Crippen molar-refractivity contribution in [3.63, 3.8) is 0 Å². The SMILES string of the molecule is CCC1CCCN(CC(NC)C2CCCCC2)CC1. The van der Waals surface area contributed by atoms with Crippen molar-refractivity contribution in [2.75, 3.05) is 26.7 Å². The molecule has 2 atom stereocenters. The highest BCUT2D eigenvalue weighted by molar-refractivity contribution is 4.82. The summed E-state index contributed by atoms with van der Waals surface area (Å²) in [6.45, 7) is 6.32. The molecule has 0 spiro atoms. The minimum Gasteiger partial charge on any atom is -0.315 e. The van der Waals surface area contributed by atoms with Gasteiger partial charge in [-0.1, -0.05) is 32.6 Å². The van der Waals surface area contributed by atoms with Crippen molar-refractivity contribution in [3.05, 3.63) is 0 Å². The predicted octanol–water partition coefficient (Wildman–Crippen LogP) is 3.67. The smallest absolute Gasteiger partial charge is 0.0220 e. The zero-order valence-corrected chi connectivity index (χ0v) is 13.2. The van der Waals surface area contributed by atoms with Gasteiger partial charge in [0, 0.05) is 12.6 Å². The lowest BCUT2D eigenvalue weighted by atomic mass is 9.83. The van der Waals surface area contributed by atoms with E-state index in [1.54, 1.807) is 0 Å². The lowest BCUT2D eigenvalue weighted by Gasteiger charge is -2.34. The molecule has 1 heterocycles. The normalized spacial score (nSPS) is 29.1. The molecular formula is C17H34N2. The van der Waals surface area contributed by atoms with Crippen LogP contribution >= 0.6 is 0 Å². The first kappa shape index (κ1) is 15.3. The molecule has 1 aliphatic carbocycles. The largest absolute Gasteiger partial charge is 0.315 e. The van der Waals surface area contributed by atoms with Gasteiger partial charge in [-0.3, -0.25) is 0 Å². The predicted molar refractivity (Wildman–Crippen MR) is 83.5 cm³/mol. The van der Waals surface area contributed by atoms with Gasteiger partial charge in [-0.05, 0) is 64.1 Å². The molecule has 2 rings (SSSR count). The zero-order chi connectivity index (χ0) is 13.5. The van der Waals surface area contributed by atoms with Crippen LogP contribution in [-0.4, -0.2) is 37.6 Å². The van der Waals surface area contributed by atoms with Crippen LogP contribution in [0.25, 0.3) is 0 Å². The standard InChI is InChI=1S/C17H34N2/c1-3-15-8-7-12-19(13-11-15)14-17(18-2)16-9-5-4-6-10-16/h15-18H,3-14H2,1-2H3. The fraction of sp³-hybridized carbons (Fsp3) is 1.00. The lowest BCUT2D eigenvalue weighted by Crippen LogP contribution is -2.45. The maximum absolute atomic E-state index is 3.62. The van der Waals surface area contributed by atoms with Crippen LogP contribution in [0.4, 0.5) is 0 Å². The van der Waals surface area contributed by atoms with Gasteiger partial charge in [0.25, 0.3) is 0 Å². The maximum atomic E-state index is 3.62. The Hall–Kier alpha value is -0.0800. The Morgan fingerprint density at radius 3 is 2.47 bits per heavy atom. The van der Waals surface area contributed by atoms with Crippen LogP contribution in [0.15, 0.2) is 0 Å². The molecule has 1 saturated carbocycles. The highest BCUT2D eigenvalue weighted by Gasteiger charge is 2.25. The summed E-state index contributed by atoms with van der Waals surface area (Å²) in [6.07, 6.45) is 13.0. The van der Waals surface area contributed by atoms with Gasteiger partial charge >= 0.3 is 0 Å². The Labute approximate surface area is 120 Å². The van der Waals surface area contributed by atoms with E-state index in [2.05, 4.69) is 24.2 Å². The lowest BCUT2D eigenvalue weighted by molar-refractivity contribution is 0.191. The molecule has 0 bridgehead atoms. The second-order valence-electron chi connectivity index (χ2n) is 6.80. The second-order valence-corrected chi connectivity index (χ2v) is 6.80. The number of nitrogens with zero attached hydrogens (tertiary/aromatic N) is 1. The Morgan fingerprint density at radius 2 is 1.79 bits per heavy atom. The van der Waals surface area contributed by atoms with E-state index in [9.17, 15) is 0 Å². The molecule has 1 N–H and O–H groups in total. The summed E-state index contributed by atoms with van der Waals surface area (Å²) >= 11 is 0. The zero-order valence-electron chi connectivity index (χ0n) is 13.2. The highest BCUT2D eigenvalue weighted by atomic mass is 15.1. The van der Waals surface area contributed by atoms with Crippen LogP contribution in [0.1, 0.15) is 64.7 Å². The van der Waals surface area contributed by atoms with Crippen LogP contribution < -0.4 is 5.32 Å². The van der Waals surface area contributed by atoms with Gasteiger partial charge in [0.1, 0.15) is 0 Å². The summed E-state index contributed by atoms with van der Waals surface area (Å²) in [6, 6.07) is 0.735. The monoisotopic (exact) mass is 266 g/mol. The summed E-state index contributed by atoms with van der Waals surface area (Å²) in [5.41, 5.74) is 0. The van der Waals surface area contributed by atoms with E-state index in [4.69, 9.17) is 0 Å². The fourth-order valence-corrected chi connectivity index (χ4v) is 4.11. The molecule has 19 heavy (non-hydrogen) atoms. The van der Waals surface area contributed by atoms with Crippen molar-refractivity contribution in [3.8, 4) is 0 Å². The highest BCUT2D eigenvalue weighted by Crippen LogP contribution is 2.27. The quantitative estimate of drug-likeness (QED) is 0.817. The first-order valence-electron chi connectivity index (χ1n) is 8.73. The van der Waals surface area contributed by atoms with Crippen molar-refractivity contribution in [1.82, 2.24) is 10.2 Å². The third kappa shape index (κ3) is 4.75. The average Bonchev–Trinajstić information content (AvgIpc) is 2.70. The summed E-state index contributed by atoms with van der Waals surface area (Å²) < 4.78 is 0. The molecule has 2 heteroatoms. The molecule has 0 radical (unpaired) electrons. The number of likely N-dealkylation sites (N-methyl/N-ethyl adjacent to an activating group) is 1. The minimum atomic E-state index is 0.735. The van der Waals surface area contributed by atoms with Crippen LogP contribution in [0, 0.1) is 11.8 Å². The summed E-state index contributed by atoms with van der Waals surface area (Å²) in [5.74, 6) is 1.93. The third-order valence-corrected chi connectivity index (χ3v) is 5.56. The number of nitrogens with one attached hydrogen (secondary N) is 1. The maximum Gasteiger partial charge on any atom is 0.0220 e. The average molecular weight is 266 g/mol. The van der Waals surface area contributed by atoms with Crippen molar-refractivity contribution >= 4 is 0 Å². The van der Waals surface area contributed by atoms with E-state index in [-0.39, 0.29) is 0 Å². The topological polar surface area (TPSA) is 15.3 Å². The van der Waals surface area contributed by atoms with Crippen LogP contribution in [0.3, 0.4) is 0 Å². The van der Waals surface area contributed by atoms with Gasteiger partial charge in [0.15, 0.2) is 0 Å². The van der Waals surface area contributed by atoms with Crippen LogP contribution in [0.2, 0.25) is 0 Å². The molecule has 2 fully saturated rings. The summed E-state index contributed by atoms with van der Waals surface area (Å²) in [4.78, 5) is 2.74. The van der Waals surface area contributed by atoms with Gasteiger partial charge in [0.05, 0.1) is 0 Å². The molecule has 2 nitrogen and oxygen atoms in total. The van der Waals surface area contributed by atoms with E-state index in [1.165, 1.54) is 77.4 Å². The Morgan fingerprint density at radius 1 is 1.00 bits per heavy atom. The van der Waals surface area contributed by atoms with E-state index >= 15 is 0 Å². The number of rotatable bonds is 5. The van der Waals surface area contributed by atoms with Crippen LogP contribution in [-0.2, 0) is 0 Å². The molecule has 0 aromatic rings. The minimum absolute atomic E-state index is 0.735. The Bertz CT molecular complexity index is 235. The van der Waals surface area contributed by atoms with Crippen molar-refractivity contribution in [2.24, 2.45) is 11.8 Å². The number of hydrogen-bond acceptors (Lipinski definition) is 2. The van der Waals surface area contributed by atoms with Crippen LogP contribution in [0.5, 0.6) is 0 Å². The van der Waals surface area contributed by atoms with Gasteiger partial charge < -0.3 is 10.2 Å². The Balaban J connectivity index is 1.80. The molecule has 2 aliphatic rings. The number of likely N-dealkylation sites (tertiary alicyclic amines) is 1. The van der Waals surface area contributed by atoms with Crippen molar-refractivity contribution in [1.29, 1.82) is 0 Å². The first-order valence-corrected chi connectivity index (χ1v) is 8.73. The van der Waals surface area contributed by atoms with Gasteiger partial charge in [-0.25, -0.2) is 0 Å². The van der Waals surface area contributed by atoms with E-state index in [0.29, 0.717) is 0 Å². The summed E-state index contributed by atoms with van der Waals surface area (Å²) in [7, 11) is 2.17. The molecule has 0 aromatic carbocycles. The molecule has 0 amide bonds. The fourth-order valence-electron chi connectivity index (χ4n) is 4.11. The van der Waals surface area contributed by atoms with Gasteiger partial charge in [-0.2, -0.15) is 0 Å². The second kappa shape index (κ2) is 8.26. The van der Waals surface area contributed by atoms with Crippen molar-refractivity contribution in [2.45, 2.75) is 70.8 Å².